The quantitative estimate of drug-likeness (QED) is 0.690. The Morgan fingerprint density at radius 3 is 2.46 bits per heavy atom. The van der Waals surface area contributed by atoms with Crippen molar-refractivity contribution in [1.82, 2.24) is 0 Å². The first-order valence-corrected chi connectivity index (χ1v) is 4.39. The van der Waals surface area contributed by atoms with E-state index in [0.717, 1.165) is 11.1 Å². The highest BCUT2D eigenvalue weighted by Gasteiger charge is 2.18. The Morgan fingerprint density at radius 1 is 1.38 bits per heavy atom. The molecule has 0 unspecified atom stereocenters. The maximum Gasteiger partial charge on any atom is 0.123 e. The van der Waals surface area contributed by atoms with Gasteiger partial charge in [0.1, 0.15) is 5.75 Å². The first kappa shape index (κ1) is 10.1. The number of rotatable bonds is 1. The maximum atomic E-state index is 9.82. The van der Waals surface area contributed by atoms with E-state index >= 15 is 0 Å². The molecule has 0 saturated carbocycles. The standard InChI is InChI=1S/C11H16NO/c1-11(2,3)9-6-4-5-8(7-12)10(9)13/h5-6,13H,7,12H2,1-3H3. The summed E-state index contributed by atoms with van der Waals surface area (Å²) < 4.78 is 0. The van der Waals surface area contributed by atoms with Crippen LogP contribution in [0.1, 0.15) is 31.9 Å². The summed E-state index contributed by atoms with van der Waals surface area (Å²) >= 11 is 0. The molecule has 71 valence electrons. The number of hydrogen-bond donors (Lipinski definition) is 2. The lowest BCUT2D eigenvalue weighted by atomic mass is 9.85. The molecule has 0 aromatic heterocycles. The Kier molecular flexibility index (Phi) is 2.62. The van der Waals surface area contributed by atoms with Crippen molar-refractivity contribution in [2.24, 2.45) is 5.73 Å². The van der Waals surface area contributed by atoms with Gasteiger partial charge >= 0.3 is 0 Å². The Balaban J connectivity index is 3.24. The van der Waals surface area contributed by atoms with Crippen LogP contribution in [0.5, 0.6) is 5.75 Å². The third-order valence-electron chi connectivity index (χ3n) is 2.07. The molecule has 0 saturated heterocycles. The zero-order chi connectivity index (χ0) is 10.1. The molecule has 1 aromatic carbocycles. The van der Waals surface area contributed by atoms with Gasteiger partial charge in [0.15, 0.2) is 0 Å². The van der Waals surface area contributed by atoms with Crippen LogP contribution in [-0.2, 0) is 12.0 Å². The van der Waals surface area contributed by atoms with Crippen molar-refractivity contribution < 1.29 is 5.11 Å². The molecule has 2 heteroatoms. The number of phenolic OH excluding ortho intramolecular Hbond substituents is 1. The third-order valence-corrected chi connectivity index (χ3v) is 2.07. The van der Waals surface area contributed by atoms with E-state index in [1.54, 1.807) is 6.07 Å². The number of hydrogen-bond acceptors (Lipinski definition) is 2. The predicted octanol–water partition coefficient (Wildman–Crippen LogP) is 1.95. The van der Waals surface area contributed by atoms with Crippen molar-refractivity contribution >= 4 is 0 Å². The van der Waals surface area contributed by atoms with Gasteiger partial charge in [-0.05, 0) is 23.6 Å². The highest BCUT2D eigenvalue weighted by Crippen LogP contribution is 2.32. The largest absolute Gasteiger partial charge is 0.507 e. The molecule has 1 rings (SSSR count). The molecule has 0 heterocycles. The molecule has 0 aliphatic heterocycles. The topological polar surface area (TPSA) is 46.2 Å². The summed E-state index contributed by atoms with van der Waals surface area (Å²) in [6.45, 7) is 6.51. The minimum atomic E-state index is -0.0637. The molecule has 13 heavy (non-hydrogen) atoms. The minimum Gasteiger partial charge on any atom is -0.507 e. The van der Waals surface area contributed by atoms with E-state index in [0.29, 0.717) is 12.3 Å². The zero-order valence-corrected chi connectivity index (χ0v) is 8.39. The van der Waals surface area contributed by atoms with Crippen LogP contribution in [0, 0.1) is 6.07 Å². The van der Waals surface area contributed by atoms with Crippen molar-refractivity contribution in [3.05, 3.63) is 29.3 Å². The molecule has 0 aliphatic rings. The maximum absolute atomic E-state index is 9.82. The minimum absolute atomic E-state index is 0.0637. The lowest BCUT2D eigenvalue weighted by Gasteiger charge is -2.21. The molecule has 3 N–H and O–H groups in total. The van der Waals surface area contributed by atoms with Gasteiger partial charge in [0, 0.05) is 17.7 Å². The Hall–Kier alpha value is -1.02. The summed E-state index contributed by atoms with van der Waals surface area (Å²) in [6.07, 6.45) is 0. The SMILES string of the molecule is CC(C)(C)c1c[c]cc(CN)c1O. The average molecular weight is 178 g/mol. The van der Waals surface area contributed by atoms with E-state index in [2.05, 4.69) is 26.8 Å². The van der Waals surface area contributed by atoms with E-state index in [4.69, 9.17) is 5.73 Å². The van der Waals surface area contributed by atoms with Crippen molar-refractivity contribution in [2.45, 2.75) is 32.7 Å². The van der Waals surface area contributed by atoms with Crippen LogP contribution in [0.4, 0.5) is 0 Å². The molecular formula is C11H16NO. The molecule has 0 amide bonds. The summed E-state index contributed by atoms with van der Waals surface area (Å²) in [4.78, 5) is 0. The van der Waals surface area contributed by atoms with Crippen LogP contribution in [-0.4, -0.2) is 5.11 Å². The van der Waals surface area contributed by atoms with Gasteiger partial charge in [-0.2, -0.15) is 0 Å². The van der Waals surface area contributed by atoms with E-state index in [9.17, 15) is 5.11 Å². The highest BCUT2D eigenvalue weighted by molar-refractivity contribution is 5.43. The van der Waals surface area contributed by atoms with E-state index in [-0.39, 0.29) is 5.41 Å². The smallest absolute Gasteiger partial charge is 0.123 e. The lowest BCUT2D eigenvalue weighted by molar-refractivity contribution is 0.440. The third kappa shape index (κ3) is 2.01. The highest BCUT2D eigenvalue weighted by atomic mass is 16.3. The summed E-state index contributed by atoms with van der Waals surface area (Å²) in [5.41, 5.74) is 7.07. The summed E-state index contributed by atoms with van der Waals surface area (Å²) in [6, 6.07) is 6.53. The molecular weight excluding hydrogens is 162 g/mol. The molecule has 0 fully saturated rings. The molecule has 0 bridgehead atoms. The molecule has 2 nitrogen and oxygen atoms in total. The van der Waals surface area contributed by atoms with Crippen molar-refractivity contribution in [1.29, 1.82) is 0 Å². The number of benzene rings is 1. The van der Waals surface area contributed by atoms with Crippen molar-refractivity contribution in [2.75, 3.05) is 0 Å². The molecule has 0 spiro atoms. The Labute approximate surface area is 79.4 Å². The number of aromatic hydroxyl groups is 1. The summed E-state index contributed by atoms with van der Waals surface area (Å²) in [5, 5.41) is 9.82. The number of phenols is 1. The van der Waals surface area contributed by atoms with E-state index in [1.807, 2.05) is 6.07 Å². The second kappa shape index (κ2) is 3.38. The fraction of sp³-hybridized carbons (Fsp3) is 0.455. The fourth-order valence-electron chi connectivity index (χ4n) is 1.26. The van der Waals surface area contributed by atoms with Crippen LogP contribution >= 0.6 is 0 Å². The second-order valence-corrected chi connectivity index (χ2v) is 4.20. The van der Waals surface area contributed by atoms with E-state index in [1.165, 1.54) is 0 Å². The van der Waals surface area contributed by atoms with Gasteiger partial charge in [0.05, 0.1) is 0 Å². The normalized spacial score (nSPS) is 11.7. The number of nitrogens with two attached hydrogens (primary N) is 1. The van der Waals surface area contributed by atoms with Crippen LogP contribution < -0.4 is 5.73 Å². The van der Waals surface area contributed by atoms with Crippen LogP contribution in [0.15, 0.2) is 12.1 Å². The van der Waals surface area contributed by atoms with Gasteiger partial charge < -0.3 is 10.8 Å². The monoisotopic (exact) mass is 178 g/mol. The lowest BCUT2D eigenvalue weighted by Crippen LogP contribution is -2.12. The Morgan fingerprint density at radius 2 is 2.00 bits per heavy atom. The van der Waals surface area contributed by atoms with E-state index < -0.39 is 0 Å². The van der Waals surface area contributed by atoms with Gasteiger partial charge in [-0.3, -0.25) is 0 Å². The van der Waals surface area contributed by atoms with Crippen molar-refractivity contribution in [3.8, 4) is 5.75 Å². The first-order valence-electron chi connectivity index (χ1n) is 4.39. The second-order valence-electron chi connectivity index (χ2n) is 4.20. The first-order chi connectivity index (χ1) is 5.96. The van der Waals surface area contributed by atoms with Gasteiger partial charge in [-0.25, -0.2) is 0 Å². The molecule has 1 aromatic rings. The van der Waals surface area contributed by atoms with Crippen LogP contribution in [0.3, 0.4) is 0 Å². The fourth-order valence-corrected chi connectivity index (χ4v) is 1.26. The zero-order valence-electron chi connectivity index (χ0n) is 8.39. The molecule has 1 radical (unpaired) electrons. The van der Waals surface area contributed by atoms with Crippen LogP contribution in [0.2, 0.25) is 0 Å². The van der Waals surface area contributed by atoms with Crippen LogP contribution in [0.25, 0.3) is 0 Å². The van der Waals surface area contributed by atoms with Gasteiger partial charge in [-0.15, -0.1) is 0 Å². The average Bonchev–Trinajstić information content (AvgIpc) is 2.02. The van der Waals surface area contributed by atoms with Gasteiger partial charge in [-0.1, -0.05) is 20.8 Å². The summed E-state index contributed by atoms with van der Waals surface area (Å²) in [5.74, 6) is 0.314. The van der Waals surface area contributed by atoms with Crippen molar-refractivity contribution in [3.63, 3.8) is 0 Å². The molecule has 0 atom stereocenters. The molecule has 0 aliphatic carbocycles. The Bertz CT molecular complexity index is 299. The summed E-state index contributed by atoms with van der Waals surface area (Å²) in [7, 11) is 0. The van der Waals surface area contributed by atoms with Gasteiger partial charge in [0.25, 0.3) is 0 Å². The van der Waals surface area contributed by atoms with Gasteiger partial charge in [0.2, 0.25) is 0 Å². The predicted molar refractivity (Wildman–Crippen MR) is 53.5 cm³/mol.